The minimum absolute atomic E-state index is 0.0603. The van der Waals surface area contributed by atoms with Gasteiger partial charge in [-0.15, -0.1) is 0 Å². The number of halogens is 3. The van der Waals surface area contributed by atoms with E-state index in [4.69, 9.17) is 0 Å². The molecular formula is C24H31F3N2. The molecule has 1 aliphatic rings. The third-order valence-corrected chi connectivity index (χ3v) is 5.93. The molecule has 3 rings (SSSR count). The summed E-state index contributed by atoms with van der Waals surface area (Å²) in [6.07, 6.45) is -3.28. The van der Waals surface area contributed by atoms with Gasteiger partial charge in [-0.2, -0.15) is 13.2 Å². The van der Waals surface area contributed by atoms with E-state index in [1.54, 1.807) is 12.1 Å². The van der Waals surface area contributed by atoms with Gasteiger partial charge in [0.15, 0.2) is 0 Å². The Bertz CT molecular complexity index is 779. The maximum atomic E-state index is 13.1. The van der Waals surface area contributed by atoms with Gasteiger partial charge >= 0.3 is 6.18 Å². The zero-order valence-corrected chi connectivity index (χ0v) is 17.7. The standard InChI is InChI=1S/C24H31F3N2/c1-23(2,3)21-17-29(16-8-15-28(21)4)22(18-9-6-5-7-10-18)19-11-13-20(14-12-19)24(25,26)27/h5-7,9-14,21-22H,8,15-17H2,1-4H3. The Balaban J connectivity index is 2.00. The first-order chi connectivity index (χ1) is 13.6. The summed E-state index contributed by atoms with van der Waals surface area (Å²) in [7, 11) is 2.18. The van der Waals surface area contributed by atoms with Crippen molar-refractivity contribution in [3.8, 4) is 0 Å². The number of benzene rings is 2. The number of hydrogen-bond acceptors (Lipinski definition) is 2. The maximum absolute atomic E-state index is 13.1. The van der Waals surface area contributed by atoms with Gasteiger partial charge < -0.3 is 4.90 Å². The zero-order valence-electron chi connectivity index (χ0n) is 17.7. The third-order valence-electron chi connectivity index (χ3n) is 5.93. The molecule has 0 N–H and O–H groups in total. The van der Waals surface area contributed by atoms with Gasteiger partial charge in [0, 0.05) is 19.1 Å². The van der Waals surface area contributed by atoms with Crippen molar-refractivity contribution in [1.29, 1.82) is 0 Å². The average molecular weight is 405 g/mol. The molecule has 5 heteroatoms. The second-order valence-electron chi connectivity index (χ2n) is 9.14. The van der Waals surface area contributed by atoms with E-state index in [2.05, 4.69) is 49.8 Å². The van der Waals surface area contributed by atoms with Crippen LogP contribution in [0.15, 0.2) is 54.6 Å². The first kappa shape index (κ1) is 21.8. The van der Waals surface area contributed by atoms with E-state index in [-0.39, 0.29) is 11.5 Å². The largest absolute Gasteiger partial charge is 0.416 e. The van der Waals surface area contributed by atoms with Crippen LogP contribution in [-0.4, -0.2) is 42.5 Å². The highest BCUT2D eigenvalue weighted by Gasteiger charge is 2.35. The minimum atomic E-state index is -4.32. The van der Waals surface area contributed by atoms with Crippen LogP contribution in [0.2, 0.25) is 0 Å². The van der Waals surface area contributed by atoms with Gasteiger partial charge in [-0.25, -0.2) is 0 Å². The van der Waals surface area contributed by atoms with Crippen molar-refractivity contribution in [2.24, 2.45) is 5.41 Å². The summed E-state index contributed by atoms with van der Waals surface area (Å²) in [6.45, 7) is 9.58. The SMILES string of the molecule is CN1CCCN(C(c2ccccc2)c2ccc(C(F)(F)F)cc2)CC1C(C)(C)C. The predicted molar refractivity (Wildman–Crippen MR) is 112 cm³/mol. The Morgan fingerprint density at radius 1 is 0.862 bits per heavy atom. The summed E-state index contributed by atoms with van der Waals surface area (Å²) < 4.78 is 39.2. The first-order valence-electron chi connectivity index (χ1n) is 10.2. The summed E-state index contributed by atoms with van der Waals surface area (Å²) in [5.74, 6) is 0. The van der Waals surface area contributed by atoms with Gasteiger partial charge in [0.2, 0.25) is 0 Å². The lowest BCUT2D eigenvalue weighted by molar-refractivity contribution is -0.137. The minimum Gasteiger partial charge on any atom is -0.302 e. The summed E-state index contributed by atoms with van der Waals surface area (Å²) in [6, 6.07) is 16.1. The van der Waals surface area contributed by atoms with Gasteiger partial charge in [0.05, 0.1) is 11.6 Å². The number of likely N-dealkylation sites (N-methyl/N-ethyl adjacent to an activating group) is 1. The lowest BCUT2D eigenvalue weighted by Gasteiger charge is -2.41. The van der Waals surface area contributed by atoms with Crippen LogP contribution >= 0.6 is 0 Å². The van der Waals surface area contributed by atoms with Crippen molar-refractivity contribution in [1.82, 2.24) is 9.80 Å². The maximum Gasteiger partial charge on any atom is 0.416 e. The van der Waals surface area contributed by atoms with Crippen LogP contribution in [0.1, 0.15) is 49.9 Å². The first-order valence-corrected chi connectivity index (χ1v) is 10.2. The van der Waals surface area contributed by atoms with Crippen LogP contribution in [0.25, 0.3) is 0 Å². The summed E-state index contributed by atoms with van der Waals surface area (Å²) in [4.78, 5) is 4.87. The molecule has 0 amide bonds. The van der Waals surface area contributed by atoms with E-state index in [9.17, 15) is 13.2 Å². The Morgan fingerprint density at radius 2 is 1.45 bits per heavy atom. The van der Waals surface area contributed by atoms with Crippen molar-refractivity contribution in [2.45, 2.75) is 45.5 Å². The molecule has 2 aromatic carbocycles. The van der Waals surface area contributed by atoms with E-state index in [1.807, 2.05) is 18.2 Å². The molecule has 2 aromatic rings. The molecule has 1 fully saturated rings. The lowest BCUT2D eigenvalue weighted by atomic mass is 9.85. The van der Waals surface area contributed by atoms with Gasteiger partial charge in [-0.3, -0.25) is 4.90 Å². The second kappa shape index (κ2) is 8.49. The summed E-state index contributed by atoms with van der Waals surface area (Å²) in [5.41, 5.74) is 1.53. The molecule has 2 nitrogen and oxygen atoms in total. The van der Waals surface area contributed by atoms with Crippen molar-refractivity contribution in [3.63, 3.8) is 0 Å². The van der Waals surface area contributed by atoms with Crippen molar-refractivity contribution < 1.29 is 13.2 Å². The molecule has 1 aliphatic heterocycles. The molecule has 0 radical (unpaired) electrons. The normalized spacial score (nSPS) is 21.0. The van der Waals surface area contributed by atoms with Crippen molar-refractivity contribution in [3.05, 3.63) is 71.3 Å². The number of hydrogen-bond donors (Lipinski definition) is 0. The van der Waals surface area contributed by atoms with E-state index in [0.29, 0.717) is 6.04 Å². The fourth-order valence-electron chi connectivity index (χ4n) is 4.41. The van der Waals surface area contributed by atoms with Gasteiger partial charge in [0.25, 0.3) is 0 Å². The van der Waals surface area contributed by atoms with Gasteiger partial charge in [-0.1, -0.05) is 63.2 Å². The Morgan fingerprint density at radius 3 is 2.00 bits per heavy atom. The third kappa shape index (κ3) is 5.20. The Hall–Kier alpha value is -1.85. The van der Waals surface area contributed by atoms with Gasteiger partial charge in [-0.05, 0) is 48.7 Å². The Labute approximate surface area is 172 Å². The van der Waals surface area contributed by atoms with E-state index in [0.717, 1.165) is 37.2 Å². The fourth-order valence-corrected chi connectivity index (χ4v) is 4.41. The van der Waals surface area contributed by atoms with Crippen LogP contribution < -0.4 is 0 Å². The molecular weight excluding hydrogens is 373 g/mol. The molecule has 2 atom stereocenters. The van der Waals surface area contributed by atoms with E-state index < -0.39 is 11.7 Å². The monoisotopic (exact) mass is 404 g/mol. The predicted octanol–water partition coefficient (Wildman–Crippen LogP) is 5.85. The van der Waals surface area contributed by atoms with Crippen LogP contribution in [0.5, 0.6) is 0 Å². The Kier molecular flexibility index (Phi) is 6.39. The molecule has 0 bridgehead atoms. The average Bonchev–Trinajstić information content (AvgIpc) is 2.84. The number of alkyl halides is 3. The van der Waals surface area contributed by atoms with Crippen molar-refractivity contribution in [2.75, 3.05) is 26.7 Å². The van der Waals surface area contributed by atoms with Crippen LogP contribution in [-0.2, 0) is 6.18 Å². The number of rotatable bonds is 3. The summed E-state index contributed by atoms with van der Waals surface area (Å²) >= 11 is 0. The molecule has 0 saturated carbocycles. The van der Waals surface area contributed by atoms with Crippen LogP contribution in [0.4, 0.5) is 13.2 Å². The van der Waals surface area contributed by atoms with Crippen LogP contribution in [0.3, 0.4) is 0 Å². The van der Waals surface area contributed by atoms with E-state index >= 15 is 0 Å². The topological polar surface area (TPSA) is 6.48 Å². The quantitative estimate of drug-likeness (QED) is 0.633. The molecule has 0 aliphatic carbocycles. The molecule has 1 saturated heterocycles. The lowest BCUT2D eigenvalue weighted by Crippen LogP contribution is -2.47. The molecule has 2 unspecified atom stereocenters. The molecule has 0 aromatic heterocycles. The fraction of sp³-hybridized carbons (Fsp3) is 0.500. The smallest absolute Gasteiger partial charge is 0.302 e. The highest BCUT2D eigenvalue weighted by molar-refractivity contribution is 5.34. The second-order valence-corrected chi connectivity index (χ2v) is 9.14. The number of nitrogens with zero attached hydrogens (tertiary/aromatic N) is 2. The van der Waals surface area contributed by atoms with Crippen molar-refractivity contribution >= 4 is 0 Å². The molecule has 158 valence electrons. The zero-order chi connectivity index (χ0) is 21.2. The molecule has 0 spiro atoms. The highest BCUT2D eigenvalue weighted by Crippen LogP contribution is 2.36. The molecule has 1 heterocycles. The molecule has 29 heavy (non-hydrogen) atoms. The van der Waals surface area contributed by atoms with Gasteiger partial charge in [0.1, 0.15) is 0 Å². The van der Waals surface area contributed by atoms with Crippen LogP contribution in [0, 0.1) is 5.41 Å². The highest BCUT2D eigenvalue weighted by atomic mass is 19.4. The van der Waals surface area contributed by atoms with E-state index in [1.165, 1.54) is 12.1 Å². The summed E-state index contributed by atoms with van der Waals surface area (Å²) in [5, 5.41) is 0.